The molecule has 0 unspecified atom stereocenters. The standard InChI is InChI=1S/C27H31N3O/c31-27(15-14-23-9-3-1-4-10-23)30-18-17-29(20-24-11-5-2-6-12-24)21-25(22-30)19-26-13-7-8-16-28-26/h1-13,16,25H,14-15,17-22H2/t25-/m0/s1. The molecule has 0 radical (unpaired) electrons. The summed E-state index contributed by atoms with van der Waals surface area (Å²) in [6, 6.07) is 27.0. The van der Waals surface area contributed by atoms with Crippen molar-refractivity contribution in [3.8, 4) is 0 Å². The van der Waals surface area contributed by atoms with Gasteiger partial charge >= 0.3 is 0 Å². The first-order valence-electron chi connectivity index (χ1n) is 11.2. The maximum Gasteiger partial charge on any atom is 0.222 e. The van der Waals surface area contributed by atoms with Crippen molar-refractivity contribution in [1.29, 1.82) is 0 Å². The number of nitrogens with zero attached hydrogens (tertiary/aromatic N) is 3. The highest BCUT2D eigenvalue weighted by Gasteiger charge is 2.26. The molecule has 1 saturated heterocycles. The smallest absolute Gasteiger partial charge is 0.222 e. The van der Waals surface area contributed by atoms with Gasteiger partial charge in [0.2, 0.25) is 5.91 Å². The van der Waals surface area contributed by atoms with E-state index in [4.69, 9.17) is 0 Å². The lowest BCUT2D eigenvalue weighted by atomic mass is 10.0. The molecule has 1 amide bonds. The van der Waals surface area contributed by atoms with E-state index in [1.54, 1.807) is 0 Å². The van der Waals surface area contributed by atoms with Gasteiger partial charge in [-0.15, -0.1) is 0 Å². The molecule has 2 heterocycles. The monoisotopic (exact) mass is 413 g/mol. The number of hydrogen-bond acceptors (Lipinski definition) is 3. The highest BCUT2D eigenvalue weighted by atomic mass is 16.2. The molecule has 1 aliphatic rings. The Bertz CT molecular complexity index is 930. The van der Waals surface area contributed by atoms with Gasteiger partial charge in [-0.25, -0.2) is 0 Å². The summed E-state index contributed by atoms with van der Waals surface area (Å²) in [5, 5.41) is 0. The maximum atomic E-state index is 13.1. The molecule has 31 heavy (non-hydrogen) atoms. The van der Waals surface area contributed by atoms with Crippen molar-refractivity contribution in [2.45, 2.75) is 25.8 Å². The van der Waals surface area contributed by atoms with Crippen molar-refractivity contribution in [3.63, 3.8) is 0 Å². The summed E-state index contributed by atoms with van der Waals surface area (Å²) < 4.78 is 0. The predicted molar refractivity (Wildman–Crippen MR) is 124 cm³/mol. The fourth-order valence-electron chi connectivity index (χ4n) is 4.39. The molecule has 4 heteroatoms. The van der Waals surface area contributed by atoms with E-state index in [1.165, 1.54) is 11.1 Å². The number of aryl methyl sites for hydroxylation is 1. The minimum Gasteiger partial charge on any atom is -0.341 e. The third-order valence-electron chi connectivity index (χ3n) is 5.98. The van der Waals surface area contributed by atoms with Crippen molar-refractivity contribution in [2.75, 3.05) is 26.2 Å². The summed E-state index contributed by atoms with van der Waals surface area (Å²) in [6.45, 7) is 4.40. The lowest BCUT2D eigenvalue weighted by Crippen LogP contribution is -2.36. The molecule has 0 N–H and O–H groups in total. The van der Waals surface area contributed by atoms with E-state index >= 15 is 0 Å². The summed E-state index contributed by atoms with van der Waals surface area (Å²) >= 11 is 0. The minimum absolute atomic E-state index is 0.261. The Morgan fingerprint density at radius 1 is 0.839 bits per heavy atom. The van der Waals surface area contributed by atoms with Crippen LogP contribution in [0.15, 0.2) is 85.1 Å². The van der Waals surface area contributed by atoms with Crippen LogP contribution < -0.4 is 0 Å². The number of rotatable bonds is 7. The van der Waals surface area contributed by atoms with Crippen LogP contribution in [-0.2, 0) is 24.2 Å². The molecular formula is C27H31N3O. The van der Waals surface area contributed by atoms with E-state index < -0.39 is 0 Å². The largest absolute Gasteiger partial charge is 0.341 e. The molecule has 1 aromatic heterocycles. The van der Waals surface area contributed by atoms with Crippen LogP contribution in [0.3, 0.4) is 0 Å². The van der Waals surface area contributed by atoms with Crippen LogP contribution in [0.5, 0.6) is 0 Å². The minimum atomic E-state index is 0.261. The van der Waals surface area contributed by atoms with E-state index in [0.29, 0.717) is 12.3 Å². The van der Waals surface area contributed by atoms with Crippen molar-refractivity contribution >= 4 is 5.91 Å². The van der Waals surface area contributed by atoms with Crippen LogP contribution in [0.25, 0.3) is 0 Å². The van der Waals surface area contributed by atoms with E-state index in [1.807, 2.05) is 36.5 Å². The van der Waals surface area contributed by atoms with Gasteiger partial charge in [0.05, 0.1) is 0 Å². The van der Waals surface area contributed by atoms with Gasteiger partial charge in [-0.1, -0.05) is 66.7 Å². The van der Waals surface area contributed by atoms with Gasteiger partial charge in [-0.05, 0) is 42.0 Å². The second-order valence-corrected chi connectivity index (χ2v) is 8.44. The Kier molecular flexibility index (Phi) is 7.46. The van der Waals surface area contributed by atoms with Gasteiger partial charge in [0.15, 0.2) is 0 Å². The molecule has 0 saturated carbocycles. The molecular weight excluding hydrogens is 382 g/mol. The van der Waals surface area contributed by atoms with E-state index in [0.717, 1.165) is 51.3 Å². The Balaban J connectivity index is 1.43. The van der Waals surface area contributed by atoms with E-state index in [9.17, 15) is 4.79 Å². The first-order chi connectivity index (χ1) is 15.3. The average Bonchev–Trinajstić information content (AvgIpc) is 3.01. The molecule has 0 spiro atoms. The second kappa shape index (κ2) is 10.9. The van der Waals surface area contributed by atoms with Crippen LogP contribution in [-0.4, -0.2) is 46.9 Å². The lowest BCUT2D eigenvalue weighted by Gasteiger charge is -2.24. The Morgan fingerprint density at radius 2 is 1.55 bits per heavy atom. The van der Waals surface area contributed by atoms with Gasteiger partial charge < -0.3 is 4.90 Å². The van der Waals surface area contributed by atoms with Gasteiger partial charge in [-0.3, -0.25) is 14.7 Å². The first-order valence-corrected chi connectivity index (χ1v) is 11.2. The van der Waals surface area contributed by atoms with Crippen LogP contribution in [0.2, 0.25) is 0 Å². The fourth-order valence-corrected chi connectivity index (χ4v) is 4.39. The van der Waals surface area contributed by atoms with Crippen LogP contribution in [0.1, 0.15) is 23.2 Å². The molecule has 4 nitrogen and oxygen atoms in total. The fraction of sp³-hybridized carbons (Fsp3) is 0.333. The molecule has 0 bridgehead atoms. The number of pyridine rings is 1. The SMILES string of the molecule is O=C(CCc1ccccc1)N1CCN(Cc2ccccc2)C[C@H](Cc2ccccn2)C1. The maximum absolute atomic E-state index is 13.1. The lowest BCUT2D eigenvalue weighted by molar-refractivity contribution is -0.131. The third kappa shape index (κ3) is 6.50. The number of carbonyl (C=O) groups excluding carboxylic acids is 1. The van der Waals surface area contributed by atoms with Crippen molar-refractivity contribution in [2.24, 2.45) is 5.92 Å². The molecule has 2 aromatic carbocycles. The Morgan fingerprint density at radius 3 is 2.26 bits per heavy atom. The van der Waals surface area contributed by atoms with Gasteiger partial charge in [-0.2, -0.15) is 0 Å². The van der Waals surface area contributed by atoms with Crippen LogP contribution >= 0.6 is 0 Å². The van der Waals surface area contributed by atoms with Gasteiger partial charge in [0.1, 0.15) is 0 Å². The van der Waals surface area contributed by atoms with E-state index in [-0.39, 0.29) is 5.91 Å². The topological polar surface area (TPSA) is 36.4 Å². The molecule has 4 rings (SSSR count). The average molecular weight is 414 g/mol. The summed E-state index contributed by atoms with van der Waals surface area (Å²) in [4.78, 5) is 22.2. The van der Waals surface area contributed by atoms with Gasteiger partial charge in [0, 0.05) is 51.0 Å². The Hall–Kier alpha value is -2.98. The summed E-state index contributed by atoms with van der Waals surface area (Å²) in [7, 11) is 0. The molecule has 0 aliphatic carbocycles. The van der Waals surface area contributed by atoms with Crippen molar-refractivity contribution in [3.05, 3.63) is 102 Å². The first kappa shape index (κ1) is 21.3. The van der Waals surface area contributed by atoms with Crippen LogP contribution in [0, 0.1) is 5.92 Å². The van der Waals surface area contributed by atoms with Crippen molar-refractivity contribution < 1.29 is 4.79 Å². The summed E-state index contributed by atoms with van der Waals surface area (Å²) in [5.41, 5.74) is 3.65. The highest BCUT2D eigenvalue weighted by Crippen LogP contribution is 2.18. The normalized spacial score (nSPS) is 17.3. The molecule has 1 fully saturated rings. The number of carbonyl (C=O) groups is 1. The van der Waals surface area contributed by atoms with E-state index in [2.05, 4.69) is 63.3 Å². The van der Waals surface area contributed by atoms with Crippen LogP contribution in [0.4, 0.5) is 0 Å². The summed E-state index contributed by atoms with van der Waals surface area (Å²) in [5.74, 6) is 0.637. The molecule has 3 aromatic rings. The second-order valence-electron chi connectivity index (χ2n) is 8.44. The summed E-state index contributed by atoms with van der Waals surface area (Å²) in [6.07, 6.45) is 4.12. The highest BCUT2D eigenvalue weighted by molar-refractivity contribution is 5.76. The number of hydrogen-bond donors (Lipinski definition) is 0. The van der Waals surface area contributed by atoms with Crippen molar-refractivity contribution in [1.82, 2.24) is 14.8 Å². The molecule has 1 aliphatic heterocycles. The third-order valence-corrected chi connectivity index (χ3v) is 5.98. The zero-order chi connectivity index (χ0) is 21.3. The molecule has 1 atom stereocenters. The molecule has 160 valence electrons. The zero-order valence-corrected chi connectivity index (χ0v) is 18.1. The predicted octanol–water partition coefficient (Wildman–Crippen LogP) is 4.22. The zero-order valence-electron chi connectivity index (χ0n) is 18.1. The number of aromatic nitrogens is 1. The Labute approximate surface area is 185 Å². The number of amides is 1. The number of benzene rings is 2. The quantitative estimate of drug-likeness (QED) is 0.582. The van der Waals surface area contributed by atoms with Gasteiger partial charge in [0.25, 0.3) is 0 Å².